The second-order valence-corrected chi connectivity index (χ2v) is 4.04. The molecule has 0 atom stereocenters. The van der Waals surface area contributed by atoms with Gasteiger partial charge in [0.2, 0.25) is 0 Å². The molecule has 1 aromatic carbocycles. The monoisotopic (exact) mass is 242 g/mol. The zero-order valence-electron chi connectivity index (χ0n) is 10.1. The highest BCUT2D eigenvalue weighted by Crippen LogP contribution is 2.19. The van der Waals surface area contributed by atoms with Crippen molar-refractivity contribution in [3.63, 3.8) is 0 Å². The third kappa shape index (κ3) is 2.72. The zero-order chi connectivity index (χ0) is 13.2. The molecule has 0 saturated heterocycles. The van der Waals surface area contributed by atoms with Gasteiger partial charge in [-0.25, -0.2) is 8.78 Å². The van der Waals surface area contributed by atoms with E-state index in [0.29, 0.717) is 6.54 Å². The summed E-state index contributed by atoms with van der Waals surface area (Å²) in [5.41, 5.74) is 4.62. The number of hydrogen-bond acceptors (Lipinski definition) is 2. The number of amides is 1. The van der Waals surface area contributed by atoms with Crippen molar-refractivity contribution in [2.45, 2.75) is 26.8 Å². The van der Waals surface area contributed by atoms with Crippen molar-refractivity contribution in [2.75, 3.05) is 12.3 Å². The Hall–Kier alpha value is -1.65. The number of nitrogens with two attached hydrogens (primary N) is 1. The standard InChI is InChI=1S/C12H16F2N2O/c1-4-16(7(2)3)12(17)9-5-8(13)6-10(15)11(9)14/h5-7H,4,15H2,1-3H3. The SMILES string of the molecule is CCN(C(=O)c1cc(F)cc(N)c1F)C(C)C. The average Bonchev–Trinajstić information content (AvgIpc) is 2.23. The molecule has 17 heavy (non-hydrogen) atoms. The van der Waals surface area contributed by atoms with Crippen LogP contribution in [0.25, 0.3) is 0 Å². The van der Waals surface area contributed by atoms with Gasteiger partial charge in [0.25, 0.3) is 5.91 Å². The van der Waals surface area contributed by atoms with E-state index in [1.807, 2.05) is 13.8 Å². The van der Waals surface area contributed by atoms with Crippen molar-refractivity contribution >= 4 is 11.6 Å². The summed E-state index contributed by atoms with van der Waals surface area (Å²) < 4.78 is 26.8. The highest BCUT2D eigenvalue weighted by Gasteiger charge is 2.22. The van der Waals surface area contributed by atoms with Gasteiger partial charge in [-0.1, -0.05) is 0 Å². The number of hydrogen-bond donors (Lipinski definition) is 1. The molecule has 0 heterocycles. The largest absolute Gasteiger partial charge is 0.396 e. The zero-order valence-corrected chi connectivity index (χ0v) is 10.1. The Balaban J connectivity index is 3.20. The van der Waals surface area contributed by atoms with Crippen molar-refractivity contribution in [1.82, 2.24) is 4.90 Å². The molecule has 3 nitrogen and oxygen atoms in total. The Labute approximate surface area is 99.2 Å². The third-order valence-electron chi connectivity index (χ3n) is 2.52. The first kappa shape index (κ1) is 13.4. The quantitative estimate of drug-likeness (QED) is 0.827. The van der Waals surface area contributed by atoms with Gasteiger partial charge in [-0.3, -0.25) is 4.79 Å². The Morgan fingerprint density at radius 1 is 1.41 bits per heavy atom. The van der Waals surface area contributed by atoms with Crippen LogP contribution in [0.4, 0.5) is 14.5 Å². The van der Waals surface area contributed by atoms with Gasteiger partial charge in [0.1, 0.15) is 5.82 Å². The number of carbonyl (C=O) groups excluding carboxylic acids is 1. The van der Waals surface area contributed by atoms with Crippen LogP contribution >= 0.6 is 0 Å². The van der Waals surface area contributed by atoms with Gasteiger partial charge in [0.15, 0.2) is 5.82 Å². The number of nitrogen functional groups attached to an aromatic ring is 1. The lowest BCUT2D eigenvalue weighted by molar-refractivity contribution is 0.0711. The molecular weight excluding hydrogens is 226 g/mol. The maximum Gasteiger partial charge on any atom is 0.257 e. The van der Waals surface area contributed by atoms with Crippen LogP contribution in [0.2, 0.25) is 0 Å². The van der Waals surface area contributed by atoms with Crippen LogP contribution in [0.1, 0.15) is 31.1 Å². The number of benzene rings is 1. The molecule has 1 amide bonds. The Bertz CT molecular complexity index is 433. The number of rotatable bonds is 3. The van der Waals surface area contributed by atoms with Gasteiger partial charge in [0, 0.05) is 12.6 Å². The Morgan fingerprint density at radius 2 is 2.00 bits per heavy atom. The molecule has 1 aromatic rings. The highest BCUT2D eigenvalue weighted by molar-refractivity contribution is 5.95. The minimum absolute atomic E-state index is 0.0867. The maximum absolute atomic E-state index is 13.7. The van der Waals surface area contributed by atoms with Crippen LogP contribution in [-0.4, -0.2) is 23.4 Å². The molecule has 5 heteroatoms. The van der Waals surface area contributed by atoms with E-state index in [4.69, 9.17) is 5.73 Å². The van der Waals surface area contributed by atoms with E-state index in [1.165, 1.54) is 4.90 Å². The lowest BCUT2D eigenvalue weighted by Crippen LogP contribution is -2.37. The molecule has 0 saturated carbocycles. The van der Waals surface area contributed by atoms with Gasteiger partial charge < -0.3 is 10.6 Å². The summed E-state index contributed by atoms with van der Waals surface area (Å²) in [4.78, 5) is 13.4. The van der Waals surface area contributed by atoms with Crippen LogP contribution in [0, 0.1) is 11.6 Å². The fourth-order valence-corrected chi connectivity index (χ4v) is 1.66. The molecule has 0 aliphatic heterocycles. The maximum atomic E-state index is 13.7. The predicted octanol–water partition coefficient (Wildman–Crippen LogP) is 2.42. The summed E-state index contributed by atoms with van der Waals surface area (Å²) in [6.07, 6.45) is 0. The van der Waals surface area contributed by atoms with Crippen LogP contribution in [-0.2, 0) is 0 Å². The third-order valence-corrected chi connectivity index (χ3v) is 2.52. The molecular formula is C12H16F2N2O. The average molecular weight is 242 g/mol. The van der Waals surface area contributed by atoms with Crippen LogP contribution in [0.5, 0.6) is 0 Å². The lowest BCUT2D eigenvalue weighted by atomic mass is 10.1. The van der Waals surface area contributed by atoms with Gasteiger partial charge in [0.05, 0.1) is 11.3 Å². The fraction of sp³-hybridized carbons (Fsp3) is 0.417. The predicted molar refractivity (Wildman–Crippen MR) is 62.6 cm³/mol. The van der Waals surface area contributed by atoms with E-state index in [1.54, 1.807) is 6.92 Å². The first-order valence-corrected chi connectivity index (χ1v) is 5.44. The van der Waals surface area contributed by atoms with Gasteiger partial charge >= 0.3 is 0 Å². The molecule has 1 rings (SSSR count). The molecule has 0 fully saturated rings. The molecule has 0 aromatic heterocycles. The number of halogens is 2. The molecule has 0 aliphatic carbocycles. The molecule has 2 N–H and O–H groups in total. The number of carbonyl (C=O) groups is 1. The van der Waals surface area contributed by atoms with Gasteiger partial charge in [-0.2, -0.15) is 0 Å². The summed E-state index contributed by atoms with van der Waals surface area (Å²) in [5, 5.41) is 0. The van der Waals surface area contributed by atoms with Crippen molar-refractivity contribution in [1.29, 1.82) is 0 Å². The normalized spacial score (nSPS) is 10.7. The van der Waals surface area contributed by atoms with Crippen molar-refractivity contribution in [3.8, 4) is 0 Å². The van der Waals surface area contributed by atoms with Crippen LogP contribution in [0.15, 0.2) is 12.1 Å². The molecule has 0 bridgehead atoms. The Morgan fingerprint density at radius 3 is 2.47 bits per heavy atom. The summed E-state index contributed by atoms with van der Waals surface area (Å²) >= 11 is 0. The van der Waals surface area contributed by atoms with Crippen LogP contribution in [0.3, 0.4) is 0 Å². The highest BCUT2D eigenvalue weighted by atomic mass is 19.1. The van der Waals surface area contributed by atoms with Gasteiger partial charge in [-0.15, -0.1) is 0 Å². The second kappa shape index (κ2) is 5.12. The van der Waals surface area contributed by atoms with E-state index >= 15 is 0 Å². The van der Waals surface area contributed by atoms with E-state index in [9.17, 15) is 13.6 Å². The molecule has 0 radical (unpaired) electrons. The molecule has 0 unspecified atom stereocenters. The second-order valence-electron chi connectivity index (χ2n) is 4.04. The smallest absolute Gasteiger partial charge is 0.257 e. The van der Waals surface area contributed by atoms with E-state index in [2.05, 4.69) is 0 Å². The minimum Gasteiger partial charge on any atom is -0.396 e. The topological polar surface area (TPSA) is 46.3 Å². The fourth-order valence-electron chi connectivity index (χ4n) is 1.66. The van der Waals surface area contributed by atoms with Crippen molar-refractivity contribution in [3.05, 3.63) is 29.3 Å². The van der Waals surface area contributed by atoms with Crippen molar-refractivity contribution in [2.24, 2.45) is 0 Å². The molecule has 94 valence electrons. The van der Waals surface area contributed by atoms with E-state index in [0.717, 1.165) is 12.1 Å². The Kier molecular flexibility index (Phi) is 4.04. The van der Waals surface area contributed by atoms with Gasteiger partial charge in [-0.05, 0) is 32.9 Å². The first-order valence-electron chi connectivity index (χ1n) is 5.44. The molecule has 0 spiro atoms. The molecule has 0 aliphatic rings. The van der Waals surface area contributed by atoms with E-state index in [-0.39, 0.29) is 17.3 Å². The minimum atomic E-state index is -0.865. The summed E-state index contributed by atoms with van der Waals surface area (Å²) in [5.74, 6) is -2.13. The summed E-state index contributed by atoms with van der Waals surface area (Å²) in [6, 6.07) is 1.65. The van der Waals surface area contributed by atoms with E-state index < -0.39 is 17.5 Å². The first-order chi connectivity index (χ1) is 7.88. The number of anilines is 1. The summed E-state index contributed by atoms with van der Waals surface area (Å²) in [6.45, 7) is 5.81. The van der Waals surface area contributed by atoms with Crippen LogP contribution < -0.4 is 5.73 Å². The lowest BCUT2D eigenvalue weighted by Gasteiger charge is -2.25. The summed E-state index contributed by atoms with van der Waals surface area (Å²) in [7, 11) is 0. The number of nitrogens with zero attached hydrogens (tertiary/aromatic N) is 1. The van der Waals surface area contributed by atoms with Crippen molar-refractivity contribution < 1.29 is 13.6 Å².